The minimum atomic E-state index is 0.627. The van der Waals surface area contributed by atoms with E-state index in [9.17, 15) is 0 Å². The van der Waals surface area contributed by atoms with Crippen molar-refractivity contribution in [3.8, 4) is 0 Å². The molecule has 0 spiro atoms. The second kappa shape index (κ2) is 9.44. The molecule has 0 bridgehead atoms. The van der Waals surface area contributed by atoms with Crippen molar-refractivity contribution in [2.24, 2.45) is 5.92 Å². The van der Waals surface area contributed by atoms with Crippen molar-refractivity contribution in [2.75, 3.05) is 18.8 Å². The maximum absolute atomic E-state index is 3.52. The molecule has 0 amide bonds. The summed E-state index contributed by atoms with van der Waals surface area (Å²) in [6.45, 7) is 11.3. The largest absolute Gasteiger partial charge is 0.316 e. The number of hydrogen-bond donors (Lipinski definition) is 1. The number of rotatable bonds is 9. The summed E-state index contributed by atoms with van der Waals surface area (Å²) in [7, 11) is 0. The van der Waals surface area contributed by atoms with Crippen LogP contribution in [0.25, 0.3) is 0 Å². The van der Waals surface area contributed by atoms with Crippen LogP contribution in [0.5, 0.6) is 0 Å². The summed E-state index contributed by atoms with van der Waals surface area (Å²) < 4.78 is 0. The average molecular weight is 279 g/mol. The molecule has 0 radical (unpaired) electrons. The molecule has 1 N–H and O–H groups in total. The van der Waals surface area contributed by atoms with E-state index in [2.05, 4.69) is 57.3 Å². The zero-order valence-electron chi connectivity index (χ0n) is 12.9. The van der Waals surface area contributed by atoms with Crippen LogP contribution in [0.4, 0.5) is 0 Å². The van der Waals surface area contributed by atoms with E-state index >= 15 is 0 Å². The second-order valence-corrected chi connectivity index (χ2v) is 7.03. The fourth-order valence-electron chi connectivity index (χ4n) is 1.95. The fraction of sp³-hybridized carbons (Fsp3) is 0.647. The van der Waals surface area contributed by atoms with Crippen LogP contribution in [0.15, 0.2) is 29.2 Å². The number of nitrogens with one attached hydrogen (secondary N) is 1. The molecule has 0 aromatic heterocycles. The Kier molecular flexibility index (Phi) is 8.24. The Labute approximate surface area is 123 Å². The van der Waals surface area contributed by atoms with Crippen molar-refractivity contribution in [3.63, 3.8) is 0 Å². The van der Waals surface area contributed by atoms with Gasteiger partial charge in [0, 0.05) is 17.2 Å². The predicted octanol–water partition coefficient (Wildman–Crippen LogP) is 4.93. The standard InChI is InChI=1S/C17H29NS/c1-14(2)6-5-11-18-12-13-19-17-9-7-16(8-10-17)15(3)4/h7-10,14-15,18H,5-6,11-13H2,1-4H3. The fourth-order valence-corrected chi connectivity index (χ4v) is 2.76. The van der Waals surface area contributed by atoms with Crippen LogP contribution >= 0.6 is 11.8 Å². The highest BCUT2D eigenvalue weighted by Crippen LogP contribution is 2.21. The third-order valence-electron chi connectivity index (χ3n) is 3.23. The van der Waals surface area contributed by atoms with Gasteiger partial charge in [0.15, 0.2) is 0 Å². The normalized spacial score (nSPS) is 11.5. The summed E-state index contributed by atoms with van der Waals surface area (Å²) in [6, 6.07) is 9.00. The summed E-state index contributed by atoms with van der Waals surface area (Å²) in [6.07, 6.45) is 2.63. The third-order valence-corrected chi connectivity index (χ3v) is 4.24. The predicted molar refractivity (Wildman–Crippen MR) is 88.2 cm³/mol. The highest BCUT2D eigenvalue weighted by atomic mass is 32.2. The van der Waals surface area contributed by atoms with Crippen molar-refractivity contribution in [3.05, 3.63) is 29.8 Å². The van der Waals surface area contributed by atoms with Crippen molar-refractivity contribution in [2.45, 2.75) is 51.3 Å². The van der Waals surface area contributed by atoms with Crippen molar-refractivity contribution in [1.29, 1.82) is 0 Å². The van der Waals surface area contributed by atoms with Crippen LogP contribution in [0, 0.1) is 5.92 Å². The molecule has 0 aliphatic heterocycles. The summed E-state index contributed by atoms with van der Waals surface area (Å²) in [5.74, 6) is 2.61. The van der Waals surface area contributed by atoms with Crippen molar-refractivity contribution >= 4 is 11.8 Å². The van der Waals surface area contributed by atoms with E-state index in [1.807, 2.05) is 11.8 Å². The lowest BCUT2D eigenvalue weighted by Gasteiger charge is -2.08. The molecule has 108 valence electrons. The average Bonchev–Trinajstić information content (AvgIpc) is 2.38. The first-order valence-corrected chi connectivity index (χ1v) is 8.51. The monoisotopic (exact) mass is 279 g/mol. The van der Waals surface area contributed by atoms with Gasteiger partial charge in [0.05, 0.1) is 0 Å². The summed E-state index contributed by atoms with van der Waals surface area (Å²) in [4.78, 5) is 1.38. The quantitative estimate of drug-likeness (QED) is 0.508. The molecule has 0 fully saturated rings. The second-order valence-electron chi connectivity index (χ2n) is 5.86. The summed E-state index contributed by atoms with van der Waals surface area (Å²) in [5.41, 5.74) is 1.43. The van der Waals surface area contributed by atoms with Gasteiger partial charge in [-0.25, -0.2) is 0 Å². The number of benzene rings is 1. The van der Waals surface area contributed by atoms with Crippen molar-refractivity contribution in [1.82, 2.24) is 5.32 Å². The molecule has 19 heavy (non-hydrogen) atoms. The molecule has 0 saturated heterocycles. The van der Waals surface area contributed by atoms with Gasteiger partial charge in [-0.05, 0) is 48.9 Å². The Morgan fingerprint density at radius 2 is 1.68 bits per heavy atom. The molecule has 0 aliphatic carbocycles. The van der Waals surface area contributed by atoms with Crippen molar-refractivity contribution < 1.29 is 0 Å². The van der Waals surface area contributed by atoms with E-state index in [-0.39, 0.29) is 0 Å². The molecule has 0 aliphatic rings. The topological polar surface area (TPSA) is 12.0 Å². The van der Waals surface area contributed by atoms with Gasteiger partial charge in [0.25, 0.3) is 0 Å². The lowest BCUT2D eigenvalue weighted by molar-refractivity contribution is 0.534. The number of thioether (sulfide) groups is 1. The molecule has 1 aromatic rings. The van der Waals surface area contributed by atoms with Gasteiger partial charge < -0.3 is 5.32 Å². The minimum Gasteiger partial charge on any atom is -0.316 e. The molecule has 1 aromatic carbocycles. The van der Waals surface area contributed by atoms with E-state index in [0.717, 1.165) is 24.8 Å². The molecule has 1 nitrogen and oxygen atoms in total. The van der Waals surface area contributed by atoms with E-state index in [1.165, 1.54) is 23.3 Å². The zero-order valence-corrected chi connectivity index (χ0v) is 13.7. The Morgan fingerprint density at radius 3 is 2.26 bits per heavy atom. The van der Waals surface area contributed by atoms with Crippen LogP contribution in [0.1, 0.15) is 52.0 Å². The molecule has 0 saturated carbocycles. The lowest BCUT2D eigenvalue weighted by atomic mass is 10.0. The van der Waals surface area contributed by atoms with E-state index in [1.54, 1.807) is 0 Å². The smallest absolute Gasteiger partial charge is 0.0106 e. The van der Waals surface area contributed by atoms with Gasteiger partial charge >= 0.3 is 0 Å². The van der Waals surface area contributed by atoms with Gasteiger partial charge in [0.2, 0.25) is 0 Å². The van der Waals surface area contributed by atoms with Gasteiger partial charge in [-0.3, -0.25) is 0 Å². The molecule has 1 rings (SSSR count). The Morgan fingerprint density at radius 1 is 1.00 bits per heavy atom. The maximum atomic E-state index is 3.52. The Balaban J connectivity index is 2.09. The summed E-state index contributed by atoms with van der Waals surface area (Å²) in [5, 5.41) is 3.52. The van der Waals surface area contributed by atoms with E-state index < -0.39 is 0 Å². The Bertz CT molecular complexity index is 330. The van der Waals surface area contributed by atoms with Crippen LogP contribution in [-0.2, 0) is 0 Å². The SMILES string of the molecule is CC(C)CCCNCCSc1ccc(C(C)C)cc1. The number of hydrogen-bond acceptors (Lipinski definition) is 2. The third kappa shape index (κ3) is 7.64. The van der Waals surface area contributed by atoms with Crippen LogP contribution < -0.4 is 5.32 Å². The van der Waals surface area contributed by atoms with Gasteiger partial charge in [0.1, 0.15) is 0 Å². The van der Waals surface area contributed by atoms with Crippen LogP contribution in [0.3, 0.4) is 0 Å². The lowest BCUT2D eigenvalue weighted by Crippen LogP contribution is -2.18. The van der Waals surface area contributed by atoms with E-state index in [4.69, 9.17) is 0 Å². The molecule has 0 heterocycles. The zero-order chi connectivity index (χ0) is 14.1. The first-order valence-electron chi connectivity index (χ1n) is 7.53. The maximum Gasteiger partial charge on any atom is 0.0106 e. The summed E-state index contributed by atoms with van der Waals surface area (Å²) >= 11 is 1.94. The highest BCUT2D eigenvalue weighted by Gasteiger charge is 1.99. The minimum absolute atomic E-state index is 0.627. The first kappa shape index (κ1) is 16.6. The molecular weight excluding hydrogens is 250 g/mol. The van der Waals surface area contributed by atoms with Crippen LogP contribution in [-0.4, -0.2) is 18.8 Å². The van der Waals surface area contributed by atoms with E-state index in [0.29, 0.717) is 5.92 Å². The molecule has 0 unspecified atom stereocenters. The Hall–Kier alpha value is -0.470. The molecule has 0 atom stereocenters. The van der Waals surface area contributed by atoms with Gasteiger partial charge in [-0.2, -0.15) is 0 Å². The van der Waals surface area contributed by atoms with Crippen LogP contribution in [0.2, 0.25) is 0 Å². The molecule has 2 heteroatoms. The van der Waals surface area contributed by atoms with Gasteiger partial charge in [-0.15, -0.1) is 11.8 Å². The highest BCUT2D eigenvalue weighted by molar-refractivity contribution is 7.99. The van der Waals surface area contributed by atoms with Gasteiger partial charge in [-0.1, -0.05) is 39.8 Å². The first-order chi connectivity index (χ1) is 9.09. The molecular formula is C17H29NS.